The van der Waals surface area contributed by atoms with Crippen molar-refractivity contribution in [1.82, 2.24) is 9.88 Å². The van der Waals surface area contributed by atoms with E-state index in [0.717, 1.165) is 42.3 Å². The molecule has 5 nitrogen and oxygen atoms in total. The minimum atomic E-state index is -0.484. The van der Waals surface area contributed by atoms with E-state index in [1.807, 2.05) is 30.3 Å². The molecule has 1 atom stereocenters. The number of ether oxygens (including phenoxy) is 1. The van der Waals surface area contributed by atoms with E-state index in [0.29, 0.717) is 19.2 Å². The summed E-state index contributed by atoms with van der Waals surface area (Å²) >= 11 is 1.77. The summed E-state index contributed by atoms with van der Waals surface area (Å²) < 4.78 is 6.93. The van der Waals surface area contributed by atoms with Gasteiger partial charge in [-0.1, -0.05) is 59.9 Å². The molecular weight excluding hydrogens is 418 g/mol. The van der Waals surface area contributed by atoms with Gasteiger partial charge in [-0.3, -0.25) is 0 Å². The van der Waals surface area contributed by atoms with Crippen LogP contribution < -0.4 is 9.64 Å². The summed E-state index contributed by atoms with van der Waals surface area (Å²) in [6, 6.07) is 23.0. The largest absolute Gasteiger partial charge is 0.491 e. The number of benzene rings is 3. The molecule has 5 rings (SSSR count). The van der Waals surface area contributed by atoms with Gasteiger partial charge in [-0.2, -0.15) is 0 Å². The van der Waals surface area contributed by atoms with Gasteiger partial charge in [0.25, 0.3) is 0 Å². The number of anilines is 1. The van der Waals surface area contributed by atoms with Crippen molar-refractivity contribution in [1.29, 1.82) is 0 Å². The van der Waals surface area contributed by atoms with Crippen molar-refractivity contribution in [2.24, 2.45) is 0 Å². The van der Waals surface area contributed by atoms with Gasteiger partial charge in [0.15, 0.2) is 5.13 Å². The molecule has 0 saturated carbocycles. The van der Waals surface area contributed by atoms with Crippen LogP contribution in [-0.2, 0) is 0 Å². The smallest absolute Gasteiger partial charge is 0.186 e. The average Bonchev–Trinajstić information content (AvgIpc) is 3.28. The van der Waals surface area contributed by atoms with Gasteiger partial charge in [-0.15, -0.1) is 0 Å². The number of fused-ring (bicyclic) bond motifs is 3. The quantitative estimate of drug-likeness (QED) is 0.441. The van der Waals surface area contributed by atoms with E-state index in [1.54, 1.807) is 11.3 Å². The summed E-state index contributed by atoms with van der Waals surface area (Å²) in [5.41, 5.74) is 1.11. The molecule has 0 radical (unpaired) electrons. The molecule has 32 heavy (non-hydrogen) atoms. The molecular formula is C26H29N3O2S. The first-order valence-electron chi connectivity index (χ1n) is 11.3. The van der Waals surface area contributed by atoms with Gasteiger partial charge in [0, 0.05) is 38.1 Å². The Hall–Kier alpha value is -2.67. The summed E-state index contributed by atoms with van der Waals surface area (Å²) in [7, 11) is 2.17. The highest BCUT2D eigenvalue weighted by molar-refractivity contribution is 7.22. The Morgan fingerprint density at radius 2 is 1.81 bits per heavy atom. The van der Waals surface area contributed by atoms with Crippen molar-refractivity contribution in [3.8, 4) is 5.75 Å². The third kappa shape index (κ3) is 4.58. The molecule has 4 aromatic rings. The fourth-order valence-electron chi connectivity index (χ4n) is 4.51. The van der Waals surface area contributed by atoms with Crippen molar-refractivity contribution in [3.63, 3.8) is 0 Å². The van der Waals surface area contributed by atoms with Gasteiger partial charge >= 0.3 is 0 Å². The monoisotopic (exact) mass is 447 g/mol. The molecule has 0 amide bonds. The zero-order chi connectivity index (χ0) is 21.9. The lowest BCUT2D eigenvalue weighted by atomic mass is 10.0. The molecule has 3 aromatic carbocycles. The molecule has 166 valence electrons. The van der Waals surface area contributed by atoms with E-state index in [1.165, 1.54) is 15.5 Å². The minimum absolute atomic E-state index is 0.323. The number of hydrogen-bond donors (Lipinski definition) is 1. The Morgan fingerprint density at radius 3 is 2.62 bits per heavy atom. The second-order valence-corrected chi connectivity index (χ2v) is 9.56. The fraction of sp³-hybridized carbons (Fsp3) is 0.346. The van der Waals surface area contributed by atoms with Crippen molar-refractivity contribution in [3.05, 3.63) is 66.7 Å². The number of rotatable bonds is 7. The van der Waals surface area contributed by atoms with E-state index in [-0.39, 0.29) is 0 Å². The molecule has 1 saturated heterocycles. The maximum Gasteiger partial charge on any atom is 0.186 e. The summed E-state index contributed by atoms with van der Waals surface area (Å²) in [5, 5.41) is 13.9. The highest BCUT2D eigenvalue weighted by atomic mass is 32.1. The number of nitrogens with zero attached hydrogens (tertiary/aromatic N) is 3. The Labute approximate surface area is 192 Å². The summed E-state index contributed by atoms with van der Waals surface area (Å²) in [6.45, 7) is 2.93. The molecule has 0 spiro atoms. The SMILES string of the molecule is CN(c1nc2c(ccc3ccccc32)s1)C1CCN(CC(O)COc2ccccc2)CC1. The zero-order valence-electron chi connectivity index (χ0n) is 18.4. The summed E-state index contributed by atoms with van der Waals surface area (Å²) in [6.07, 6.45) is 1.65. The van der Waals surface area contributed by atoms with E-state index >= 15 is 0 Å². The van der Waals surface area contributed by atoms with Crippen LogP contribution in [0.4, 0.5) is 5.13 Å². The van der Waals surface area contributed by atoms with Crippen LogP contribution in [0.5, 0.6) is 5.75 Å². The Morgan fingerprint density at radius 1 is 1.06 bits per heavy atom. The molecule has 0 bridgehead atoms. The predicted octanol–water partition coefficient (Wildman–Crippen LogP) is 4.79. The molecule has 1 aromatic heterocycles. The molecule has 1 N–H and O–H groups in total. The molecule has 1 unspecified atom stereocenters. The fourth-order valence-corrected chi connectivity index (χ4v) is 5.52. The van der Waals surface area contributed by atoms with Crippen LogP contribution in [0.1, 0.15) is 12.8 Å². The van der Waals surface area contributed by atoms with Crippen LogP contribution >= 0.6 is 11.3 Å². The topological polar surface area (TPSA) is 48.8 Å². The Bertz CT molecular complexity index is 1170. The molecule has 1 aliphatic heterocycles. The number of hydrogen-bond acceptors (Lipinski definition) is 6. The Kier molecular flexibility index (Phi) is 6.26. The number of piperidine rings is 1. The number of para-hydroxylation sites is 1. The van der Waals surface area contributed by atoms with E-state index in [2.05, 4.69) is 53.2 Å². The number of aromatic nitrogens is 1. The van der Waals surface area contributed by atoms with Crippen LogP contribution in [0.25, 0.3) is 21.0 Å². The molecule has 2 heterocycles. The van der Waals surface area contributed by atoms with Crippen molar-refractivity contribution < 1.29 is 9.84 Å². The second kappa shape index (κ2) is 9.45. The lowest BCUT2D eigenvalue weighted by Crippen LogP contribution is -2.46. The summed E-state index contributed by atoms with van der Waals surface area (Å²) in [5.74, 6) is 0.801. The number of thiazole rings is 1. The zero-order valence-corrected chi connectivity index (χ0v) is 19.2. The van der Waals surface area contributed by atoms with Crippen molar-refractivity contribution >= 4 is 37.5 Å². The number of aliphatic hydroxyl groups is 1. The molecule has 6 heteroatoms. The van der Waals surface area contributed by atoms with Crippen LogP contribution in [0, 0.1) is 0 Å². The lowest BCUT2D eigenvalue weighted by Gasteiger charge is -2.37. The maximum absolute atomic E-state index is 10.4. The third-order valence-corrected chi connectivity index (χ3v) is 7.44. The van der Waals surface area contributed by atoms with Gasteiger partial charge in [0.1, 0.15) is 18.5 Å². The van der Waals surface area contributed by atoms with Gasteiger partial charge < -0.3 is 19.6 Å². The first kappa shape index (κ1) is 21.2. The van der Waals surface area contributed by atoms with Gasteiger partial charge in [-0.25, -0.2) is 4.98 Å². The van der Waals surface area contributed by atoms with Crippen LogP contribution in [-0.4, -0.2) is 60.4 Å². The third-order valence-electron chi connectivity index (χ3n) is 6.33. The molecule has 1 fully saturated rings. The van der Waals surface area contributed by atoms with Crippen LogP contribution in [0.3, 0.4) is 0 Å². The molecule has 1 aliphatic rings. The number of aliphatic hydroxyl groups excluding tert-OH is 1. The normalized spacial score (nSPS) is 16.4. The van der Waals surface area contributed by atoms with Crippen molar-refractivity contribution in [2.75, 3.05) is 38.2 Å². The lowest BCUT2D eigenvalue weighted by molar-refractivity contribution is 0.0595. The number of likely N-dealkylation sites (tertiary alicyclic amines) is 1. The highest BCUT2D eigenvalue weighted by Crippen LogP contribution is 2.34. The average molecular weight is 448 g/mol. The van der Waals surface area contributed by atoms with Gasteiger partial charge in [0.2, 0.25) is 0 Å². The van der Waals surface area contributed by atoms with Crippen LogP contribution in [0.2, 0.25) is 0 Å². The van der Waals surface area contributed by atoms with Gasteiger partial charge in [-0.05, 0) is 36.4 Å². The van der Waals surface area contributed by atoms with Gasteiger partial charge in [0.05, 0.1) is 10.2 Å². The minimum Gasteiger partial charge on any atom is -0.491 e. The highest BCUT2D eigenvalue weighted by Gasteiger charge is 2.25. The molecule has 0 aliphatic carbocycles. The van der Waals surface area contributed by atoms with Crippen LogP contribution in [0.15, 0.2) is 66.7 Å². The standard InChI is InChI=1S/C26H29N3O2S/c1-28(26-27-25-23-10-6-5-7-19(23)11-12-24(25)32-26)20-13-15-29(16-14-20)17-21(30)18-31-22-8-3-2-4-9-22/h2-12,20-21,30H,13-18H2,1H3. The first-order chi connectivity index (χ1) is 15.7. The van der Waals surface area contributed by atoms with E-state index in [4.69, 9.17) is 9.72 Å². The second-order valence-electron chi connectivity index (χ2n) is 8.55. The Balaban J connectivity index is 1.17. The van der Waals surface area contributed by atoms with E-state index in [9.17, 15) is 5.11 Å². The number of β-amino-alcohol motifs (C(OH)–C–C–N with tert-alkyl or cyclic N) is 1. The van der Waals surface area contributed by atoms with Crippen molar-refractivity contribution in [2.45, 2.75) is 25.0 Å². The predicted molar refractivity (Wildman–Crippen MR) is 133 cm³/mol. The van der Waals surface area contributed by atoms with E-state index < -0.39 is 6.10 Å². The first-order valence-corrected chi connectivity index (χ1v) is 12.1. The summed E-state index contributed by atoms with van der Waals surface area (Å²) in [4.78, 5) is 9.71. The maximum atomic E-state index is 10.4.